The minimum absolute atomic E-state index is 0.919. The normalized spacial score (nSPS) is 12.6. The summed E-state index contributed by atoms with van der Waals surface area (Å²) in [6.45, 7) is 0.919. The molecule has 3 aromatic heterocycles. The first-order valence-electron chi connectivity index (χ1n) is 8.37. The van der Waals surface area contributed by atoms with Crippen molar-refractivity contribution in [2.45, 2.75) is 6.54 Å². The topological polar surface area (TPSA) is 21.7 Å². The standard InChI is InChI=1S/C21H14N3S/c1-2-8-15(9-3-1)24-20-16-10-5-4-7-14(16)13-23(20)18-17-11-6-12-22-19(17)25-21(18)24/h1-12H,13H2/q+1. The van der Waals surface area contributed by atoms with Gasteiger partial charge in [-0.15, -0.1) is 0 Å². The van der Waals surface area contributed by atoms with Crippen molar-refractivity contribution < 1.29 is 4.57 Å². The van der Waals surface area contributed by atoms with Crippen LogP contribution >= 0.6 is 11.3 Å². The van der Waals surface area contributed by atoms with Gasteiger partial charge in [0.1, 0.15) is 17.1 Å². The zero-order valence-electron chi connectivity index (χ0n) is 13.4. The molecule has 0 N–H and O–H groups in total. The van der Waals surface area contributed by atoms with Gasteiger partial charge in [-0.2, -0.15) is 4.57 Å². The van der Waals surface area contributed by atoms with Crippen LogP contribution in [-0.2, 0) is 6.54 Å². The molecule has 0 radical (unpaired) electrons. The molecule has 0 aliphatic carbocycles. The Morgan fingerprint density at radius 3 is 2.68 bits per heavy atom. The number of fused-ring (bicyclic) bond motifs is 7. The summed E-state index contributed by atoms with van der Waals surface area (Å²) in [5, 5.41) is 1.24. The summed E-state index contributed by atoms with van der Waals surface area (Å²) in [6.07, 6.45) is 1.88. The molecular weight excluding hydrogens is 326 g/mol. The van der Waals surface area contributed by atoms with Crippen LogP contribution in [0.4, 0.5) is 0 Å². The van der Waals surface area contributed by atoms with Gasteiger partial charge in [-0.3, -0.25) is 0 Å². The number of pyridine rings is 1. The number of hydrogen-bond acceptors (Lipinski definition) is 2. The Morgan fingerprint density at radius 2 is 1.76 bits per heavy atom. The lowest BCUT2D eigenvalue weighted by molar-refractivity contribution is -0.645. The molecule has 1 aliphatic rings. The van der Waals surface area contributed by atoms with Gasteiger partial charge >= 0.3 is 0 Å². The zero-order valence-corrected chi connectivity index (χ0v) is 14.2. The molecule has 0 fully saturated rings. The van der Waals surface area contributed by atoms with E-state index in [-0.39, 0.29) is 0 Å². The predicted octanol–water partition coefficient (Wildman–Crippen LogP) is 4.56. The van der Waals surface area contributed by atoms with E-state index in [0.29, 0.717) is 0 Å². The van der Waals surface area contributed by atoms with Gasteiger partial charge in [0.2, 0.25) is 4.83 Å². The van der Waals surface area contributed by atoms with Crippen LogP contribution < -0.4 is 4.57 Å². The average molecular weight is 340 g/mol. The van der Waals surface area contributed by atoms with E-state index < -0.39 is 0 Å². The second-order valence-corrected chi connectivity index (χ2v) is 7.33. The van der Waals surface area contributed by atoms with Gasteiger partial charge in [0.25, 0.3) is 5.82 Å². The molecule has 25 heavy (non-hydrogen) atoms. The molecule has 0 spiro atoms. The fourth-order valence-corrected chi connectivity index (χ4v) is 5.10. The number of nitrogens with zero attached hydrogens (tertiary/aromatic N) is 3. The van der Waals surface area contributed by atoms with E-state index in [1.807, 2.05) is 12.3 Å². The summed E-state index contributed by atoms with van der Waals surface area (Å²) in [4.78, 5) is 6.96. The van der Waals surface area contributed by atoms with Crippen LogP contribution in [0, 0.1) is 0 Å². The number of hydrogen-bond donors (Lipinski definition) is 0. The van der Waals surface area contributed by atoms with Crippen molar-refractivity contribution in [3.05, 3.63) is 78.5 Å². The van der Waals surface area contributed by atoms with Crippen LogP contribution in [0.5, 0.6) is 0 Å². The smallest absolute Gasteiger partial charge is 0.245 e. The van der Waals surface area contributed by atoms with Crippen LogP contribution in [0.25, 0.3) is 37.6 Å². The van der Waals surface area contributed by atoms with Crippen molar-refractivity contribution >= 4 is 31.9 Å². The molecular formula is C21H14N3S+. The third-order valence-corrected chi connectivity index (χ3v) is 6.05. The van der Waals surface area contributed by atoms with Crippen molar-refractivity contribution in [2.75, 3.05) is 0 Å². The van der Waals surface area contributed by atoms with Crippen molar-refractivity contribution in [3.63, 3.8) is 0 Å². The molecule has 0 bridgehead atoms. The van der Waals surface area contributed by atoms with E-state index in [1.54, 1.807) is 11.3 Å². The maximum Gasteiger partial charge on any atom is 0.296 e. The van der Waals surface area contributed by atoms with Crippen LogP contribution in [0.3, 0.4) is 0 Å². The molecule has 1 aliphatic heterocycles. The molecule has 0 saturated carbocycles. The predicted molar refractivity (Wildman–Crippen MR) is 101 cm³/mol. The fraction of sp³-hybridized carbons (Fsp3) is 0.0476. The van der Waals surface area contributed by atoms with E-state index in [0.717, 1.165) is 11.4 Å². The maximum atomic E-state index is 4.59. The van der Waals surface area contributed by atoms with E-state index in [9.17, 15) is 0 Å². The van der Waals surface area contributed by atoms with E-state index in [2.05, 4.69) is 74.8 Å². The number of benzene rings is 2. The van der Waals surface area contributed by atoms with E-state index >= 15 is 0 Å². The van der Waals surface area contributed by atoms with Crippen molar-refractivity contribution in [3.8, 4) is 17.1 Å². The summed E-state index contributed by atoms with van der Waals surface area (Å²) in [6, 6.07) is 23.6. The number of thiophene rings is 1. The Kier molecular flexibility index (Phi) is 2.54. The number of aromatic nitrogens is 3. The van der Waals surface area contributed by atoms with Crippen molar-refractivity contribution in [1.29, 1.82) is 0 Å². The van der Waals surface area contributed by atoms with Gasteiger partial charge in [-0.1, -0.05) is 47.7 Å². The molecule has 2 aromatic carbocycles. The SMILES string of the molecule is c1ccc(-n2c3[n+](c4c5cccnc5sc42)Cc2ccccc2-3)cc1. The minimum Gasteiger partial charge on any atom is -0.245 e. The minimum atomic E-state index is 0.919. The molecule has 4 heteroatoms. The third kappa shape index (κ3) is 1.69. The van der Waals surface area contributed by atoms with Crippen LogP contribution in [0.15, 0.2) is 72.9 Å². The monoisotopic (exact) mass is 340 g/mol. The molecule has 4 heterocycles. The van der Waals surface area contributed by atoms with Crippen molar-refractivity contribution in [2.24, 2.45) is 0 Å². The summed E-state index contributed by atoms with van der Waals surface area (Å²) >= 11 is 1.77. The summed E-state index contributed by atoms with van der Waals surface area (Å²) in [7, 11) is 0. The van der Waals surface area contributed by atoms with Gasteiger partial charge in [-0.25, -0.2) is 9.55 Å². The lowest BCUT2D eigenvalue weighted by Gasteiger charge is -2.00. The number of rotatable bonds is 1. The van der Waals surface area contributed by atoms with Gasteiger partial charge in [0.15, 0.2) is 5.52 Å². The first-order chi connectivity index (χ1) is 12.4. The first-order valence-corrected chi connectivity index (χ1v) is 9.19. The molecule has 118 valence electrons. The lowest BCUT2D eigenvalue weighted by Crippen LogP contribution is -2.31. The highest BCUT2D eigenvalue weighted by molar-refractivity contribution is 7.25. The average Bonchev–Trinajstić information content (AvgIpc) is 3.29. The van der Waals surface area contributed by atoms with Gasteiger partial charge in [-0.05, 0) is 30.3 Å². The highest BCUT2D eigenvalue weighted by Gasteiger charge is 2.36. The lowest BCUT2D eigenvalue weighted by atomic mass is 10.1. The first kappa shape index (κ1) is 13.3. The molecule has 0 atom stereocenters. The second kappa shape index (κ2) is 4.77. The molecule has 3 nitrogen and oxygen atoms in total. The van der Waals surface area contributed by atoms with Crippen LogP contribution in [0.1, 0.15) is 5.56 Å². The largest absolute Gasteiger partial charge is 0.296 e. The molecule has 0 amide bonds. The molecule has 0 saturated heterocycles. The summed E-state index contributed by atoms with van der Waals surface area (Å²) in [5.41, 5.74) is 5.20. The molecule has 5 aromatic rings. The van der Waals surface area contributed by atoms with E-state index in [1.165, 1.54) is 38.4 Å². The van der Waals surface area contributed by atoms with E-state index in [4.69, 9.17) is 0 Å². The van der Waals surface area contributed by atoms with Crippen molar-refractivity contribution in [1.82, 2.24) is 9.55 Å². The number of para-hydroxylation sites is 1. The van der Waals surface area contributed by atoms with Gasteiger partial charge in [0.05, 0.1) is 10.9 Å². The second-order valence-electron chi connectivity index (χ2n) is 6.35. The van der Waals surface area contributed by atoms with Crippen LogP contribution in [0.2, 0.25) is 0 Å². The Bertz CT molecular complexity index is 1260. The highest BCUT2D eigenvalue weighted by atomic mass is 32.1. The quantitative estimate of drug-likeness (QED) is 0.402. The Labute approximate surface area is 148 Å². The van der Waals surface area contributed by atoms with Gasteiger partial charge in [0, 0.05) is 11.8 Å². The summed E-state index contributed by atoms with van der Waals surface area (Å²) in [5.74, 6) is 1.27. The fourth-order valence-electron chi connectivity index (χ4n) is 3.93. The zero-order chi connectivity index (χ0) is 16.4. The Balaban J connectivity index is 1.83. The Morgan fingerprint density at radius 1 is 0.920 bits per heavy atom. The third-order valence-electron chi connectivity index (χ3n) is 4.96. The molecule has 6 rings (SSSR count). The van der Waals surface area contributed by atoms with Gasteiger partial charge < -0.3 is 0 Å². The number of imidazole rings is 1. The highest BCUT2D eigenvalue weighted by Crippen LogP contribution is 2.39. The molecule has 0 unspecified atom stereocenters. The summed E-state index contributed by atoms with van der Waals surface area (Å²) < 4.78 is 4.85. The maximum absolute atomic E-state index is 4.59. The Hall–Kier alpha value is -2.98. The van der Waals surface area contributed by atoms with Crippen LogP contribution in [-0.4, -0.2) is 9.55 Å².